The molecule has 2 heterocycles. The fourth-order valence-electron chi connectivity index (χ4n) is 1.58. The highest BCUT2D eigenvalue weighted by molar-refractivity contribution is 9.09. The normalized spacial score (nSPS) is 21.1. The van der Waals surface area contributed by atoms with Gasteiger partial charge >= 0.3 is 0 Å². The summed E-state index contributed by atoms with van der Waals surface area (Å²) in [5.41, 5.74) is 0. The van der Waals surface area contributed by atoms with Crippen molar-refractivity contribution >= 4 is 39.3 Å². The van der Waals surface area contributed by atoms with Gasteiger partial charge in [-0.3, -0.25) is 9.69 Å². The van der Waals surface area contributed by atoms with Gasteiger partial charge in [0.2, 0.25) is 5.91 Å². The molecule has 6 heteroatoms. The van der Waals surface area contributed by atoms with E-state index in [1.54, 1.807) is 11.0 Å². The monoisotopic (exact) mass is 289 g/mol. The van der Waals surface area contributed by atoms with E-state index in [0.29, 0.717) is 29.9 Å². The van der Waals surface area contributed by atoms with E-state index < -0.39 is 0 Å². The summed E-state index contributed by atoms with van der Waals surface area (Å²) in [7, 11) is 0. The molecule has 1 unspecified atom stereocenters. The lowest BCUT2D eigenvalue weighted by molar-refractivity contribution is -0.117. The SMILES string of the molecule is O=C1CC(CBr)CN1c1cc(Cl)ncn1. The Kier molecular flexibility index (Phi) is 3.21. The molecule has 1 aliphatic rings. The quantitative estimate of drug-likeness (QED) is 0.617. The van der Waals surface area contributed by atoms with Crippen molar-refractivity contribution in [3.8, 4) is 0 Å². The van der Waals surface area contributed by atoms with Crippen LogP contribution in [0.15, 0.2) is 12.4 Å². The first-order valence-electron chi connectivity index (χ1n) is 4.54. The van der Waals surface area contributed by atoms with E-state index in [0.717, 1.165) is 5.33 Å². The molecule has 1 aromatic heterocycles. The molecule has 1 saturated heterocycles. The molecule has 1 atom stereocenters. The van der Waals surface area contributed by atoms with Crippen LogP contribution in [0.3, 0.4) is 0 Å². The fourth-order valence-corrected chi connectivity index (χ4v) is 2.15. The third kappa shape index (κ3) is 2.29. The van der Waals surface area contributed by atoms with Crippen LogP contribution >= 0.6 is 27.5 Å². The molecule has 1 amide bonds. The molecule has 1 aliphatic heterocycles. The number of carbonyl (C=O) groups is 1. The molecule has 0 N–H and O–H groups in total. The van der Waals surface area contributed by atoms with Crippen molar-refractivity contribution in [2.75, 3.05) is 16.8 Å². The molecule has 0 aliphatic carbocycles. The number of aromatic nitrogens is 2. The number of amides is 1. The van der Waals surface area contributed by atoms with Gasteiger partial charge in [0.1, 0.15) is 17.3 Å². The van der Waals surface area contributed by atoms with E-state index in [4.69, 9.17) is 11.6 Å². The van der Waals surface area contributed by atoms with Gasteiger partial charge in [-0.2, -0.15) is 0 Å². The molecular formula is C9H9BrClN3O. The molecule has 2 rings (SSSR count). The van der Waals surface area contributed by atoms with Crippen molar-refractivity contribution in [2.45, 2.75) is 6.42 Å². The summed E-state index contributed by atoms with van der Waals surface area (Å²) in [4.78, 5) is 21.1. The van der Waals surface area contributed by atoms with Gasteiger partial charge in [0, 0.05) is 24.4 Å². The van der Waals surface area contributed by atoms with Crippen molar-refractivity contribution in [1.29, 1.82) is 0 Å². The molecule has 4 nitrogen and oxygen atoms in total. The number of nitrogens with zero attached hydrogens (tertiary/aromatic N) is 3. The number of rotatable bonds is 2. The minimum absolute atomic E-state index is 0.0919. The Morgan fingerprint density at radius 3 is 3.00 bits per heavy atom. The summed E-state index contributed by atoms with van der Waals surface area (Å²) < 4.78 is 0. The molecule has 1 fully saturated rings. The van der Waals surface area contributed by atoms with Gasteiger partial charge in [-0.1, -0.05) is 27.5 Å². The first kappa shape index (κ1) is 10.8. The third-order valence-electron chi connectivity index (χ3n) is 2.32. The molecule has 0 aromatic carbocycles. The summed E-state index contributed by atoms with van der Waals surface area (Å²) in [6, 6.07) is 1.61. The minimum Gasteiger partial charge on any atom is -0.296 e. The average Bonchev–Trinajstić information content (AvgIpc) is 2.60. The van der Waals surface area contributed by atoms with Crippen LogP contribution in [-0.2, 0) is 4.79 Å². The second kappa shape index (κ2) is 4.45. The molecule has 0 saturated carbocycles. The fraction of sp³-hybridized carbons (Fsp3) is 0.444. The van der Waals surface area contributed by atoms with Crippen molar-refractivity contribution in [3.05, 3.63) is 17.5 Å². The molecule has 80 valence electrons. The summed E-state index contributed by atoms with van der Waals surface area (Å²) in [5.74, 6) is 1.03. The second-order valence-electron chi connectivity index (χ2n) is 3.43. The standard InChI is InChI=1S/C9H9BrClN3O/c10-3-6-1-9(15)14(4-6)8-2-7(11)12-5-13-8/h2,5-6H,1,3-4H2. The first-order valence-corrected chi connectivity index (χ1v) is 6.04. The molecule has 0 spiro atoms. The number of halogens is 2. The lowest BCUT2D eigenvalue weighted by Gasteiger charge is -2.14. The van der Waals surface area contributed by atoms with Gasteiger partial charge in [0.25, 0.3) is 0 Å². The maximum Gasteiger partial charge on any atom is 0.228 e. The van der Waals surface area contributed by atoms with Crippen LogP contribution in [0.5, 0.6) is 0 Å². The van der Waals surface area contributed by atoms with Crippen LogP contribution < -0.4 is 4.90 Å². The Morgan fingerprint density at radius 1 is 1.60 bits per heavy atom. The maximum atomic E-state index is 11.7. The summed E-state index contributed by atoms with van der Waals surface area (Å²) in [6.07, 6.45) is 1.93. The van der Waals surface area contributed by atoms with Crippen molar-refractivity contribution < 1.29 is 4.79 Å². The summed E-state index contributed by atoms with van der Waals surface area (Å²) in [5, 5.41) is 1.18. The zero-order chi connectivity index (χ0) is 10.8. The highest BCUT2D eigenvalue weighted by Gasteiger charge is 2.30. The second-order valence-corrected chi connectivity index (χ2v) is 4.46. The largest absolute Gasteiger partial charge is 0.296 e. The lowest BCUT2D eigenvalue weighted by Crippen LogP contribution is -2.25. The number of anilines is 1. The van der Waals surface area contributed by atoms with Crippen molar-refractivity contribution in [3.63, 3.8) is 0 Å². The maximum absolute atomic E-state index is 11.7. The van der Waals surface area contributed by atoms with Gasteiger partial charge in [-0.15, -0.1) is 0 Å². The van der Waals surface area contributed by atoms with Gasteiger partial charge in [-0.05, 0) is 5.92 Å². The molecule has 0 bridgehead atoms. The molecule has 1 aromatic rings. The van der Waals surface area contributed by atoms with E-state index >= 15 is 0 Å². The Bertz CT molecular complexity index is 387. The van der Waals surface area contributed by atoms with E-state index in [-0.39, 0.29) is 5.91 Å². The van der Waals surface area contributed by atoms with Crippen LogP contribution in [-0.4, -0.2) is 27.7 Å². The van der Waals surface area contributed by atoms with Gasteiger partial charge < -0.3 is 0 Å². The smallest absolute Gasteiger partial charge is 0.228 e. The first-order chi connectivity index (χ1) is 7.20. The molecular weight excluding hydrogens is 281 g/mol. The van der Waals surface area contributed by atoms with Gasteiger partial charge in [-0.25, -0.2) is 9.97 Å². The number of hydrogen-bond acceptors (Lipinski definition) is 3. The van der Waals surface area contributed by atoms with E-state index in [2.05, 4.69) is 25.9 Å². The van der Waals surface area contributed by atoms with Crippen LogP contribution in [0.4, 0.5) is 5.82 Å². The number of alkyl halides is 1. The number of carbonyl (C=O) groups excluding carboxylic acids is 1. The van der Waals surface area contributed by atoms with Crippen molar-refractivity contribution in [2.24, 2.45) is 5.92 Å². The highest BCUT2D eigenvalue weighted by Crippen LogP contribution is 2.25. The van der Waals surface area contributed by atoms with Crippen LogP contribution in [0.25, 0.3) is 0 Å². The average molecular weight is 291 g/mol. The minimum atomic E-state index is 0.0919. The lowest BCUT2D eigenvalue weighted by atomic mass is 10.2. The Labute approximate surface area is 101 Å². The van der Waals surface area contributed by atoms with E-state index in [1.807, 2.05) is 0 Å². The highest BCUT2D eigenvalue weighted by atomic mass is 79.9. The van der Waals surface area contributed by atoms with Crippen LogP contribution in [0, 0.1) is 5.92 Å². The topological polar surface area (TPSA) is 46.1 Å². The molecule has 15 heavy (non-hydrogen) atoms. The van der Waals surface area contributed by atoms with E-state index in [1.165, 1.54) is 6.33 Å². The van der Waals surface area contributed by atoms with Gasteiger partial charge in [0.15, 0.2) is 0 Å². The van der Waals surface area contributed by atoms with Crippen molar-refractivity contribution in [1.82, 2.24) is 9.97 Å². The Balaban J connectivity index is 2.21. The zero-order valence-electron chi connectivity index (χ0n) is 7.86. The van der Waals surface area contributed by atoms with E-state index in [9.17, 15) is 4.79 Å². The predicted octanol–water partition coefficient (Wildman–Crippen LogP) is 1.88. The number of hydrogen-bond donors (Lipinski definition) is 0. The summed E-state index contributed by atoms with van der Waals surface area (Å²) in [6.45, 7) is 0.692. The van der Waals surface area contributed by atoms with Gasteiger partial charge in [0.05, 0.1) is 0 Å². The summed E-state index contributed by atoms with van der Waals surface area (Å²) >= 11 is 9.12. The van der Waals surface area contributed by atoms with Crippen LogP contribution in [0.2, 0.25) is 5.15 Å². The third-order valence-corrected chi connectivity index (χ3v) is 3.44. The zero-order valence-corrected chi connectivity index (χ0v) is 10.2. The Hall–Kier alpha value is -0.680. The molecule has 0 radical (unpaired) electrons. The predicted molar refractivity (Wildman–Crippen MR) is 61.3 cm³/mol. The Morgan fingerprint density at radius 2 is 2.40 bits per heavy atom. The van der Waals surface area contributed by atoms with Crippen LogP contribution in [0.1, 0.15) is 6.42 Å².